The summed E-state index contributed by atoms with van der Waals surface area (Å²) < 4.78 is 17.5. The lowest BCUT2D eigenvalue weighted by atomic mass is 10.1. The Morgan fingerprint density at radius 3 is 2.68 bits per heavy atom. The molecule has 0 spiro atoms. The predicted octanol–water partition coefficient (Wildman–Crippen LogP) is 4.54. The van der Waals surface area contributed by atoms with Gasteiger partial charge in [0, 0.05) is 9.13 Å². The van der Waals surface area contributed by atoms with E-state index in [0.717, 1.165) is 26.2 Å². The van der Waals surface area contributed by atoms with Gasteiger partial charge in [-0.25, -0.2) is 5.43 Å². The molecule has 0 saturated heterocycles. The molecule has 2 aromatic carbocycles. The first-order chi connectivity index (χ1) is 13.6. The van der Waals surface area contributed by atoms with Crippen molar-refractivity contribution in [2.24, 2.45) is 5.10 Å². The number of hydrogen-bond donors (Lipinski definition) is 1. The molecule has 6 nitrogen and oxygen atoms in total. The van der Waals surface area contributed by atoms with E-state index in [2.05, 4.69) is 33.1 Å². The average molecular weight is 490 g/mol. The number of furan rings is 1. The molecule has 0 saturated carbocycles. The van der Waals surface area contributed by atoms with Crippen molar-refractivity contribution in [1.29, 1.82) is 0 Å². The molecule has 7 heteroatoms. The molecule has 3 aromatic rings. The van der Waals surface area contributed by atoms with Gasteiger partial charge in [0.05, 0.1) is 25.2 Å². The van der Waals surface area contributed by atoms with Gasteiger partial charge in [-0.3, -0.25) is 4.79 Å². The molecule has 0 fully saturated rings. The number of halogens is 1. The summed E-state index contributed by atoms with van der Waals surface area (Å²) in [5, 5.41) is 4.01. The molecule has 1 amide bonds. The molecule has 0 aliphatic rings. The minimum atomic E-state index is -0.321. The van der Waals surface area contributed by atoms with Gasteiger partial charge in [0.25, 0.3) is 5.91 Å². The Kier molecular flexibility index (Phi) is 6.70. The standard InChI is InChI=1S/C21H19IN2O4/c1-14-19(9-10-27-14)21(25)24-23-12-15-3-8-20(26-2)16(11-15)13-28-18-6-4-17(22)5-7-18/h3-12H,13H2,1-2H3,(H,24,25). The zero-order valence-electron chi connectivity index (χ0n) is 15.4. The topological polar surface area (TPSA) is 73.1 Å². The van der Waals surface area contributed by atoms with Gasteiger partial charge >= 0.3 is 0 Å². The van der Waals surface area contributed by atoms with Crippen LogP contribution in [0.2, 0.25) is 0 Å². The first-order valence-electron chi connectivity index (χ1n) is 8.49. The summed E-state index contributed by atoms with van der Waals surface area (Å²) in [6, 6.07) is 15.0. The van der Waals surface area contributed by atoms with Crippen molar-refractivity contribution in [2.45, 2.75) is 13.5 Å². The predicted molar refractivity (Wildman–Crippen MR) is 115 cm³/mol. The maximum absolute atomic E-state index is 12.0. The van der Waals surface area contributed by atoms with Crippen molar-refractivity contribution >= 4 is 34.7 Å². The minimum Gasteiger partial charge on any atom is -0.496 e. The minimum absolute atomic E-state index is 0.321. The lowest BCUT2D eigenvalue weighted by Crippen LogP contribution is -2.17. The van der Waals surface area contributed by atoms with Gasteiger partial charge in [0.1, 0.15) is 23.9 Å². The molecular weight excluding hydrogens is 471 g/mol. The second-order valence-corrected chi connectivity index (χ2v) is 7.15. The third kappa shape index (κ3) is 5.13. The number of rotatable bonds is 7. The summed E-state index contributed by atoms with van der Waals surface area (Å²) in [5.74, 6) is 1.73. The van der Waals surface area contributed by atoms with Gasteiger partial charge in [0.15, 0.2) is 0 Å². The fraction of sp³-hybridized carbons (Fsp3) is 0.143. The van der Waals surface area contributed by atoms with Crippen molar-refractivity contribution < 1.29 is 18.7 Å². The van der Waals surface area contributed by atoms with Crippen LogP contribution in [-0.2, 0) is 6.61 Å². The van der Waals surface area contributed by atoms with Gasteiger partial charge in [0.2, 0.25) is 0 Å². The zero-order chi connectivity index (χ0) is 19.9. The molecule has 0 unspecified atom stereocenters. The number of carbonyl (C=O) groups excluding carboxylic acids is 1. The van der Waals surface area contributed by atoms with Crippen LogP contribution in [0, 0.1) is 10.5 Å². The summed E-state index contributed by atoms with van der Waals surface area (Å²) in [6.07, 6.45) is 3.04. The largest absolute Gasteiger partial charge is 0.496 e. The van der Waals surface area contributed by atoms with Crippen LogP contribution in [0.15, 0.2) is 64.3 Å². The van der Waals surface area contributed by atoms with Crippen LogP contribution >= 0.6 is 22.6 Å². The van der Waals surface area contributed by atoms with Crippen molar-refractivity contribution in [3.63, 3.8) is 0 Å². The van der Waals surface area contributed by atoms with Crippen molar-refractivity contribution in [3.05, 3.63) is 80.8 Å². The van der Waals surface area contributed by atoms with E-state index in [1.54, 1.807) is 26.3 Å². The number of ether oxygens (including phenoxy) is 2. The number of methoxy groups -OCH3 is 1. The highest BCUT2D eigenvalue weighted by atomic mass is 127. The molecular formula is C21H19IN2O4. The number of carbonyl (C=O) groups is 1. The van der Waals surface area contributed by atoms with Crippen molar-refractivity contribution in [3.8, 4) is 11.5 Å². The van der Waals surface area contributed by atoms with Crippen LogP contribution in [-0.4, -0.2) is 19.2 Å². The number of hydrogen-bond acceptors (Lipinski definition) is 5. The molecule has 0 bridgehead atoms. The van der Waals surface area contributed by atoms with E-state index in [9.17, 15) is 4.79 Å². The maximum Gasteiger partial charge on any atom is 0.274 e. The highest BCUT2D eigenvalue weighted by Crippen LogP contribution is 2.22. The number of hydrazone groups is 1. The molecule has 0 aliphatic heterocycles. The molecule has 144 valence electrons. The Morgan fingerprint density at radius 2 is 2.00 bits per heavy atom. The fourth-order valence-corrected chi connectivity index (χ4v) is 2.89. The monoisotopic (exact) mass is 490 g/mol. The fourth-order valence-electron chi connectivity index (χ4n) is 2.53. The van der Waals surface area contributed by atoms with Crippen molar-refractivity contribution in [1.82, 2.24) is 5.43 Å². The summed E-state index contributed by atoms with van der Waals surface area (Å²) in [6.45, 7) is 2.08. The van der Waals surface area contributed by atoms with Crippen LogP contribution in [0.3, 0.4) is 0 Å². The molecule has 0 aliphatic carbocycles. The highest BCUT2D eigenvalue weighted by molar-refractivity contribution is 14.1. The van der Waals surface area contributed by atoms with Gasteiger partial charge < -0.3 is 13.9 Å². The molecule has 1 aromatic heterocycles. The smallest absolute Gasteiger partial charge is 0.274 e. The van der Waals surface area contributed by atoms with E-state index < -0.39 is 0 Å². The molecule has 1 N–H and O–H groups in total. The number of nitrogens with one attached hydrogen (secondary N) is 1. The van der Waals surface area contributed by atoms with Crippen LogP contribution in [0.5, 0.6) is 11.5 Å². The summed E-state index contributed by atoms with van der Waals surface area (Å²) >= 11 is 2.25. The quantitative estimate of drug-likeness (QED) is 0.300. The van der Waals surface area contributed by atoms with E-state index in [1.807, 2.05) is 42.5 Å². The molecule has 28 heavy (non-hydrogen) atoms. The van der Waals surface area contributed by atoms with E-state index >= 15 is 0 Å². The number of amides is 1. The summed E-state index contributed by atoms with van der Waals surface area (Å²) in [4.78, 5) is 12.0. The first kappa shape index (κ1) is 19.9. The van der Waals surface area contributed by atoms with E-state index in [-0.39, 0.29) is 5.91 Å². The molecule has 1 heterocycles. The van der Waals surface area contributed by atoms with E-state index in [1.165, 1.54) is 6.26 Å². The Hall–Kier alpha value is -2.81. The Morgan fingerprint density at radius 1 is 1.21 bits per heavy atom. The number of nitrogens with zero attached hydrogens (tertiary/aromatic N) is 1. The average Bonchev–Trinajstić information content (AvgIpc) is 3.13. The lowest BCUT2D eigenvalue weighted by Gasteiger charge is -2.11. The third-order valence-corrected chi connectivity index (χ3v) is 4.71. The maximum atomic E-state index is 12.0. The second-order valence-electron chi connectivity index (χ2n) is 5.90. The Labute approximate surface area is 176 Å². The van der Waals surface area contributed by atoms with Gasteiger partial charge in [-0.15, -0.1) is 0 Å². The van der Waals surface area contributed by atoms with Gasteiger partial charge in [-0.1, -0.05) is 0 Å². The zero-order valence-corrected chi connectivity index (χ0v) is 17.6. The third-order valence-electron chi connectivity index (χ3n) is 4.00. The Balaban J connectivity index is 1.66. The van der Waals surface area contributed by atoms with Crippen LogP contribution < -0.4 is 14.9 Å². The van der Waals surface area contributed by atoms with Gasteiger partial charge in [-0.05, 0) is 83.6 Å². The van der Waals surface area contributed by atoms with Crippen molar-refractivity contribution in [2.75, 3.05) is 7.11 Å². The molecule has 3 rings (SSSR count). The molecule has 0 atom stereocenters. The highest BCUT2D eigenvalue weighted by Gasteiger charge is 2.10. The molecule has 0 radical (unpaired) electrons. The van der Waals surface area contributed by atoms with E-state index in [4.69, 9.17) is 13.9 Å². The SMILES string of the molecule is COc1ccc(C=NNC(=O)c2ccoc2C)cc1COc1ccc(I)cc1. The van der Waals surface area contributed by atoms with E-state index in [0.29, 0.717) is 17.9 Å². The first-order valence-corrected chi connectivity index (χ1v) is 9.57. The summed E-state index contributed by atoms with van der Waals surface area (Å²) in [7, 11) is 1.62. The number of aryl methyl sites for hydroxylation is 1. The van der Waals surface area contributed by atoms with Crippen LogP contribution in [0.1, 0.15) is 27.2 Å². The van der Waals surface area contributed by atoms with Crippen LogP contribution in [0.25, 0.3) is 0 Å². The normalized spacial score (nSPS) is 10.8. The van der Waals surface area contributed by atoms with Gasteiger partial charge in [-0.2, -0.15) is 5.10 Å². The lowest BCUT2D eigenvalue weighted by molar-refractivity contribution is 0.0953. The second kappa shape index (κ2) is 9.41. The Bertz CT molecular complexity index is 980. The van der Waals surface area contributed by atoms with Crippen LogP contribution in [0.4, 0.5) is 0 Å². The number of benzene rings is 2. The summed E-state index contributed by atoms with van der Waals surface area (Å²) in [5.41, 5.74) is 4.64.